The van der Waals surface area contributed by atoms with Gasteiger partial charge in [0.1, 0.15) is 5.56 Å². The lowest BCUT2D eigenvalue weighted by molar-refractivity contribution is 0.0706. The molecule has 5 nitrogen and oxygen atoms in total. The average Bonchev–Trinajstić information content (AvgIpc) is 2.63. The van der Waals surface area contributed by atoms with Crippen LogP contribution in [0.5, 0.6) is 0 Å². The number of hydrogen-bond donors (Lipinski definition) is 3. The Morgan fingerprint density at radius 3 is 1.76 bits per heavy atom. The van der Waals surface area contributed by atoms with Crippen LogP contribution >= 0.6 is 0 Å². The monoisotopic (exact) mass is 360 g/mol. The molecule has 0 spiro atoms. The number of rotatable bonds is 4. The van der Waals surface area contributed by atoms with Crippen molar-refractivity contribution in [2.45, 2.75) is 6.54 Å². The lowest BCUT2D eigenvalue weighted by atomic mass is 10.1. The number of nitrogens with one attached hydrogen (secondary N) is 2. The van der Waals surface area contributed by atoms with Crippen molar-refractivity contribution in [1.82, 2.24) is 10.8 Å². The summed E-state index contributed by atoms with van der Waals surface area (Å²) in [4.78, 5) is 22.9. The second-order valence-corrected chi connectivity index (χ2v) is 4.77. The number of amides is 2. The van der Waals surface area contributed by atoms with Gasteiger partial charge >= 0.3 is 0 Å². The first-order valence-electron chi connectivity index (χ1n) is 6.61. The van der Waals surface area contributed by atoms with Gasteiger partial charge in [0.2, 0.25) is 5.82 Å². The summed E-state index contributed by atoms with van der Waals surface area (Å²) in [6, 6.07) is 5.27. The van der Waals surface area contributed by atoms with Gasteiger partial charge in [-0.15, -0.1) is 0 Å². The minimum Gasteiger partial charge on any atom is -0.348 e. The molecule has 2 amide bonds. The maximum absolute atomic E-state index is 13.5. The highest BCUT2D eigenvalue weighted by Gasteiger charge is 2.29. The van der Waals surface area contributed by atoms with Gasteiger partial charge in [0.25, 0.3) is 11.8 Å². The maximum Gasteiger partial charge on any atom is 0.274 e. The largest absolute Gasteiger partial charge is 0.348 e. The molecule has 2 aromatic rings. The van der Waals surface area contributed by atoms with E-state index >= 15 is 0 Å². The van der Waals surface area contributed by atoms with Crippen molar-refractivity contribution < 1.29 is 36.7 Å². The van der Waals surface area contributed by atoms with Crippen molar-refractivity contribution in [3.8, 4) is 0 Å². The van der Waals surface area contributed by atoms with Gasteiger partial charge in [0.05, 0.1) is 0 Å². The second kappa shape index (κ2) is 7.26. The van der Waals surface area contributed by atoms with Gasteiger partial charge in [0.15, 0.2) is 23.3 Å². The Kier molecular flexibility index (Phi) is 5.32. The summed E-state index contributed by atoms with van der Waals surface area (Å²) in [6.45, 7) is -0.306. The fourth-order valence-corrected chi connectivity index (χ4v) is 1.91. The number of halogens is 5. The Bertz CT molecular complexity index is 811. The van der Waals surface area contributed by atoms with Crippen LogP contribution in [0.3, 0.4) is 0 Å². The Hall–Kier alpha value is -3.01. The molecule has 25 heavy (non-hydrogen) atoms. The molecule has 0 fully saturated rings. The Morgan fingerprint density at radius 2 is 1.28 bits per heavy atom. The van der Waals surface area contributed by atoms with E-state index in [4.69, 9.17) is 5.21 Å². The zero-order chi connectivity index (χ0) is 18.7. The van der Waals surface area contributed by atoms with Crippen LogP contribution in [-0.4, -0.2) is 17.0 Å². The lowest BCUT2D eigenvalue weighted by Gasteiger charge is -2.09. The first-order chi connectivity index (χ1) is 11.8. The maximum atomic E-state index is 13.5. The van der Waals surface area contributed by atoms with Crippen LogP contribution in [-0.2, 0) is 6.54 Å². The normalized spacial score (nSPS) is 10.5. The highest BCUT2D eigenvalue weighted by Crippen LogP contribution is 2.23. The van der Waals surface area contributed by atoms with Gasteiger partial charge in [-0.3, -0.25) is 14.8 Å². The standard InChI is InChI=1S/C15H9F5N2O3/c16-9-8(10(17)12(19)13(20)11(9)18)15(24)21-5-6-1-3-7(4-2-6)14(23)22-25/h1-4,25H,5H2,(H,21,24)(H,22,23). The summed E-state index contributed by atoms with van der Waals surface area (Å²) >= 11 is 0. The first kappa shape index (κ1) is 18.3. The van der Waals surface area contributed by atoms with E-state index in [0.29, 0.717) is 5.56 Å². The van der Waals surface area contributed by atoms with Gasteiger partial charge in [-0.1, -0.05) is 12.1 Å². The average molecular weight is 360 g/mol. The third-order valence-electron chi connectivity index (χ3n) is 3.21. The number of carbonyl (C=O) groups excluding carboxylic acids is 2. The van der Waals surface area contributed by atoms with E-state index in [1.807, 2.05) is 5.32 Å². The van der Waals surface area contributed by atoms with Crippen LogP contribution in [0.25, 0.3) is 0 Å². The number of carbonyl (C=O) groups is 2. The molecule has 2 aromatic carbocycles. The molecule has 0 bridgehead atoms. The quantitative estimate of drug-likeness (QED) is 0.258. The van der Waals surface area contributed by atoms with E-state index in [9.17, 15) is 31.5 Å². The molecule has 2 rings (SSSR count). The van der Waals surface area contributed by atoms with Gasteiger partial charge in [0, 0.05) is 12.1 Å². The minimum absolute atomic E-state index is 0.0948. The van der Waals surface area contributed by atoms with E-state index in [2.05, 4.69) is 0 Å². The summed E-state index contributed by atoms with van der Waals surface area (Å²) in [6.07, 6.45) is 0. The molecule has 0 saturated heterocycles. The fraction of sp³-hybridized carbons (Fsp3) is 0.0667. The number of hydrogen-bond acceptors (Lipinski definition) is 3. The minimum atomic E-state index is -2.36. The molecular formula is C15H9F5N2O3. The predicted octanol–water partition coefficient (Wildman–Crippen LogP) is 2.43. The predicted molar refractivity (Wildman–Crippen MR) is 73.1 cm³/mol. The summed E-state index contributed by atoms with van der Waals surface area (Å²) < 4.78 is 66.1. The van der Waals surface area contributed by atoms with E-state index in [0.717, 1.165) is 0 Å². The first-order valence-corrected chi connectivity index (χ1v) is 6.61. The van der Waals surface area contributed by atoms with Crippen LogP contribution in [0.2, 0.25) is 0 Å². The number of benzene rings is 2. The number of hydroxylamine groups is 1. The van der Waals surface area contributed by atoms with Crippen LogP contribution in [0.15, 0.2) is 24.3 Å². The molecular weight excluding hydrogens is 351 g/mol. The highest BCUT2D eigenvalue weighted by molar-refractivity contribution is 5.95. The molecule has 0 radical (unpaired) electrons. The Labute approximate surface area is 137 Å². The molecule has 10 heteroatoms. The van der Waals surface area contributed by atoms with E-state index < -0.39 is 46.5 Å². The Balaban J connectivity index is 2.17. The molecule has 0 aromatic heterocycles. The Morgan fingerprint density at radius 1 is 0.800 bits per heavy atom. The van der Waals surface area contributed by atoms with Crippen molar-refractivity contribution in [3.05, 3.63) is 70.0 Å². The molecule has 0 unspecified atom stereocenters. The zero-order valence-corrected chi connectivity index (χ0v) is 12.2. The molecule has 0 aliphatic rings. The van der Waals surface area contributed by atoms with Crippen molar-refractivity contribution in [1.29, 1.82) is 0 Å². The van der Waals surface area contributed by atoms with Gasteiger partial charge in [-0.2, -0.15) is 0 Å². The molecule has 0 saturated carbocycles. The van der Waals surface area contributed by atoms with Gasteiger partial charge in [-0.25, -0.2) is 27.4 Å². The van der Waals surface area contributed by atoms with Crippen LogP contribution in [0, 0.1) is 29.1 Å². The van der Waals surface area contributed by atoms with Crippen molar-refractivity contribution in [2.24, 2.45) is 0 Å². The SMILES string of the molecule is O=C(NO)c1ccc(CNC(=O)c2c(F)c(F)c(F)c(F)c2F)cc1. The van der Waals surface area contributed by atoms with Gasteiger partial charge < -0.3 is 5.32 Å². The third-order valence-corrected chi connectivity index (χ3v) is 3.21. The molecule has 132 valence electrons. The molecule has 0 atom stereocenters. The summed E-state index contributed by atoms with van der Waals surface area (Å²) in [5, 5.41) is 10.5. The molecule has 0 aliphatic carbocycles. The van der Waals surface area contributed by atoms with Crippen LogP contribution < -0.4 is 10.8 Å². The fourth-order valence-electron chi connectivity index (χ4n) is 1.91. The summed E-state index contributed by atoms with van der Waals surface area (Å²) in [7, 11) is 0. The van der Waals surface area contributed by atoms with Crippen LogP contribution in [0.1, 0.15) is 26.3 Å². The van der Waals surface area contributed by atoms with E-state index in [-0.39, 0.29) is 12.1 Å². The molecule has 0 aliphatic heterocycles. The smallest absolute Gasteiger partial charge is 0.274 e. The van der Waals surface area contributed by atoms with Crippen molar-refractivity contribution >= 4 is 11.8 Å². The molecule has 0 heterocycles. The zero-order valence-electron chi connectivity index (χ0n) is 12.2. The van der Waals surface area contributed by atoms with Crippen molar-refractivity contribution in [3.63, 3.8) is 0 Å². The lowest BCUT2D eigenvalue weighted by Crippen LogP contribution is -2.26. The third kappa shape index (κ3) is 3.58. The molecule has 3 N–H and O–H groups in total. The van der Waals surface area contributed by atoms with E-state index in [1.165, 1.54) is 29.7 Å². The van der Waals surface area contributed by atoms with Gasteiger partial charge in [-0.05, 0) is 17.7 Å². The van der Waals surface area contributed by atoms with Crippen LogP contribution in [0.4, 0.5) is 22.0 Å². The topological polar surface area (TPSA) is 78.4 Å². The summed E-state index contributed by atoms with van der Waals surface area (Å²) in [5.74, 6) is -13.5. The van der Waals surface area contributed by atoms with Crippen molar-refractivity contribution in [2.75, 3.05) is 0 Å². The summed E-state index contributed by atoms with van der Waals surface area (Å²) in [5.41, 5.74) is 0.278. The second-order valence-electron chi connectivity index (χ2n) is 4.77. The van der Waals surface area contributed by atoms with E-state index in [1.54, 1.807) is 0 Å². The highest BCUT2D eigenvalue weighted by atomic mass is 19.2.